The Bertz CT molecular complexity index is 1290. The second kappa shape index (κ2) is 10.8. The summed E-state index contributed by atoms with van der Waals surface area (Å²) in [5.74, 6) is 0.980. The maximum atomic E-state index is 13.4. The van der Waals surface area contributed by atoms with Gasteiger partial charge in [0.25, 0.3) is 11.6 Å². The van der Waals surface area contributed by atoms with Gasteiger partial charge in [-0.15, -0.1) is 6.58 Å². The molecule has 0 radical (unpaired) electrons. The molecule has 0 unspecified atom stereocenters. The highest BCUT2D eigenvalue weighted by Crippen LogP contribution is 2.33. The summed E-state index contributed by atoms with van der Waals surface area (Å²) in [5, 5.41) is 11.3. The van der Waals surface area contributed by atoms with Gasteiger partial charge in [-0.2, -0.15) is 0 Å². The molecule has 0 fully saturated rings. The number of carbonyl (C=O) groups is 2. The Morgan fingerprint density at radius 1 is 1.08 bits per heavy atom. The van der Waals surface area contributed by atoms with Crippen LogP contribution >= 0.6 is 0 Å². The molecule has 0 aliphatic carbocycles. The highest BCUT2D eigenvalue weighted by molar-refractivity contribution is 5.97. The molecule has 0 saturated heterocycles. The fourth-order valence-corrected chi connectivity index (χ4v) is 3.84. The molecule has 186 valence electrons. The Balaban J connectivity index is 1.55. The number of fused-ring (bicyclic) bond motifs is 1. The molecule has 0 saturated carbocycles. The maximum absolute atomic E-state index is 13.4. The van der Waals surface area contributed by atoms with Gasteiger partial charge in [0.1, 0.15) is 12.3 Å². The van der Waals surface area contributed by atoms with Crippen LogP contribution in [-0.2, 0) is 17.9 Å². The second-order valence-electron chi connectivity index (χ2n) is 8.25. The number of hydrogen-bond donors (Lipinski definition) is 0. The van der Waals surface area contributed by atoms with E-state index in [-0.39, 0.29) is 50.1 Å². The first-order valence-electron chi connectivity index (χ1n) is 11.2. The normalized spacial score (nSPS) is 11.7. The van der Waals surface area contributed by atoms with E-state index >= 15 is 0 Å². The zero-order valence-corrected chi connectivity index (χ0v) is 19.7. The van der Waals surface area contributed by atoms with Gasteiger partial charge in [-0.3, -0.25) is 19.7 Å². The Kier molecular flexibility index (Phi) is 7.33. The van der Waals surface area contributed by atoms with E-state index in [2.05, 4.69) is 6.58 Å². The number of amides is 2. The third-order valence-corrected chi connectivity index (χ3v) is 5.71. The summed E-state index contributed by atoms with van der Waals surface area (Å²) in [5.41, 5.74) is 1.22. The minimum Gasteiger partial charge on any atom is -0.467 e. The van der Waals surface area contributed by atoms with E-state index in [4.69, 9.17) is 13.9 Å². The van der Waals surface area contributed by atoms with E-state index in [1.165, 1.54) is 35.4 Å². The van der Waals surface area contributed by atoms with Gasteiger partial charge in [-0.25, -0.2) is 0 Å². The molecule has 10 nitrogen and oxygen atoms in total. The summed E-state index contributed by atoms with van der Waals surface area (Å²) < 4.78 is 16.2. The lowest BCUT2D eigenvalue weighted by atomic mass is 10.1. The van der Waals surface area contributed by atoms with Gasteiger partial charge in [-0.05, 0) is 42.8 Å². The van der Waals surface area contributed by atoms with Crippen molar-refractivity contribution < 1.29 is 28.4 Å². The van der Waals surface area contributed by atoms with Gasteiger partial charge >= 0.3 is 0 Å². The fourth-order valence-electron chi connectivity index (χ4n) is 3.84. The lowest BCUT2D eigenvalue weighted by Gasteiger charge is -2.27. The Hall–Kier alpha value is -4.60. The van der Waals surface area contributed by atoms with Crippen LogP contribution in [0.2, 0.25) is 0 Å². The standard InChI is InChI=1S/C26H25N3O7/c1-3-10-27(26(31)20-8-6-18(2)22(13-20)29(32)33)16-25(30)28(15-21-5-4-11-34-21)14-19-7-9-23-24(12-19)36-17-35-23/h3-9,11-13H,1,10,14-17H2,2H3. The zero-order valence-electron chi connectivity index (χ0n) is 19.7. The van der Waals surface area contributed by atoms with Crippen LogP contribution in [0.3, 0.4) is 0 Å². The van der Waals surface area contributed by atoms with Crippen LogP contribution in [0.5, 0.6) is 11.5 Å². The third-order valence-electron chi connectivity index (χ3n) is 5.71. The van der Waals surface area contributed by atoms with Gasteiger partial charge in [0, 0.05) is 30.3 Å². The van der Waals surface area contributed by atoms with E-state index < -0.39 is 10.8 Å². The van der Waals surface area contributed by atoms with Crippen molar-refractivity contribution in [2.24, 2.45) is 0 Å². The van der Waals surface area contributed by atoms with Gasteiger partial charge in [0.15, 0.2) is 11.5 Å². The Morgan fingerprint density at radius 2 is 1.89 bits per heavy atom. The van der Waals surface area contributed by atoms with Crippen molar-refractivity contribution in [3.63, 3.8) is 0 Å². The minimum absolute atomic E-state index is 0.0882. The number of nitro benzene ring substituents is 1. The number of aryl methyl sites for hydroxylation is 1. The predicted molar refractivity (Wildman–Crippen MR) is 129 cm³/mol. The number of benzene rings is 2. The first-order valence-corrected chi connectivity index (χ1v) is 11.2. The van der Waals surface area contributed by atoms with Crippen molar-refractivity contribution in [1.82, 2.24) is 9.80 Å². The summed E-state index contributed by atoms with van der Waals surface area (Å²) >= 11 is 0. The fraction of sp³-hybridized carbons (Fsp3) is 0.231. The Morgan fingerprint density at radius 3 is 2.61 bits per heavy atom. The molecule has 1 aromatic heterocycles. The van der Waals surface area contributed by atoms with Crippen molar-refractivity contribution in [2.45, 2.75) is 20.0 Å². The van der Waals surface area contributed by atoms with Crippen LogP contribution in [-0.4, -0.2) is 46.4 Å². The predicted octanol–water partition coefficient (Wildman–Crippen LogP) is 4.08. The van der Waals surface area contributed by atoms with Crippen molar-refractivity contribution in [1.29, 1.82) is 0 Å². The number of rotatable bonds is 10. The van der Waals surface area contributed by atoms with Crippen molar-refractivity contribution >= 4 is 17.5 Å². The summed E-state index contributed by atoms with van der Waals surface area (Å²) in [6.45, 7) is 5.68. The molecule has 36 heavy (non-hydrogen) atoms. The average Bonchev–Trinajstić information content (AvgIpc) is 3.54. The van der Waals surface area contributed by atoms with E-state index in [0.29, 0.717) is 22.8 Å². The van der Waals surface area contributed by atoms with Crippen LogP contribution in [0.4, 0.5) is 5.69 Å². The zero-order chi connectivity index (χ0) is 25.7. The summed E-state index contributed by atoms with van der Waals surface area (Å²) in [7, 11) is 0. The molecule has 4 rings (SSSR count). The molecule has 0 bridgehead atoms. The van der Waals surface area contributed by atoms with Gasteiger partial charge in [-0.1, -0.05) is 18.2 Å². The second-order valence-corrected chi connectivity index (χ2v) is 8.25. The first kappa shape index (κ1) is 24.5. The molecule has 2 heterocycles. The maximum Gasteiger partial charge on any atom is 0.273 e. The molecule has 0 atom stereocenters. The summed E-state index contributed by atoms with van der Waals surface area (Å²) in [4.78, 5) is 40.3. The van der Waals surface area contributed by atoms with E-state index in [1.807, 2.05) is 12.1 Å². The highest BCUT2D eigenvalue weighted by atomic mass is 16.7. The van der Waals surface area contributed by atoms with Crippen molar-refractivity contribution in [3.8, 4) is 11.5 Å². The van der Waals surface area contributed by atoms with E-state index in [0.717, 1.165) is 5.56 Å². The van der Waals surface area contributed by atoms with Gasteiger partial charge < -0.3 is 23.7 Å². The largest absolute Gasteiger partial charge is 0.467 e. The van der Waals surface area contributed by atoms with Crippen LogP contribution in [0, 0.1) is 17.0 Å². The molecule has 2 aromatic carbocycles. The first-order chi connectivity index (χ1) is 17.4. The molecule has 0 N–H and O–H groups in total. The van der Waals surface area contributed by atoms with Crippen LogP contribution in [0.25, 0.3) is 0 Å². The smallest absolute Gasteiger partial charge is 0.273 e. The van der Waals surface area contributed by atoms with Gasteiger partial charge in [0.05, 0.1) is 17.7 Å². The Labute approximate surface area is 207 Å². The number of ether oxygens (including phenoxy) is 2. The van der Waals surface area contributed by atoms with Crippen molar-refractivity contribution in [2.75, 3.05) is 19.9 Å². The number of hydrogen-bond acceptors (Lipinski definition) is 7. The van der Waals surface area contributed by atoms with E-state index in [1.54, 1.807) is 30.0 Å². The summed E-state index contributed by atoms with van der Waals surface area (Å²) in [6, 6.07) is 13.2. The SMILES string of the molecule is C=CCN(CC(=O)N(Cc1ccc2c(c1)OCO2)Cc1ccco1)C(=O)c1ccc(C)c([N+](=O)[O-])c1. The average molecular weight is 492 g/mol. The quantitative estimate of drug-likeness (QED) is 0.238. The molecule has 1 aliphatic rings. The van der Waals surface area contributed by atoms with Crippen LogP contribution in [0.15, 0.2) is 71.9 Å². The molecule has 1 aliphatic heterocycles. The summed E-state index contributed by atoms with van der Waals surface area (Å²) in [6.07, 6.45) is 3.03. The lowest BCUT2D eigenvalue weighted by molar-refractivity contribution is -0.385. The number of carbonyl (C=O) groups excluding carboxylic acids is 2. The topological polar surface area (TPSA) is 115 Å². The lowest BCUT2D eigenvalue weighted by Crippen LogP contribution is -2.42. The van der Waals surface area contributed by atoms with E-state index in [9.17, 15) is 19.7 Å². The number of nitro groups is 1. The molecule has 3 aromatic rings. The molecule has 2 amide bonds. The number of furan rings is 1. The number of nitrogens with zero attached hydrogens (tertiary/aromatic N) is 3. The highest BCUT2D eigenvalue weighted by Gasteiger charge is 2.25. The third kappa shape index (κ3) is 5.54. The monoisotopic (exact) mass is 491 g/mol. The molecule has 10 heteroatoms. The van der Waals surface area contributed by atoms with Crippen molar-refractivity contribution in [3.05, 3.63) is 100 Å². The van der Waals surface area contributed by atoms with Crippen LogP contribution in [0.1, 0.15) is 27.2 Å². The van der Waals surface area contributed by atoms with Gasteiger partial charge in [0.2, 0.25) is 12.7 Å². The molecule has 0 spiro atoms. The minimum atomic E-state index is -0.536. The van der Waals surface area contributed by atoms with Crippen LogP contribution < -0.4 is 9.47 Å². The molecular weight excluding hydrogens is 466 g/mol. The molecular formula is C26H25N3O7.